The molecule has 1 aliphatic heterocycles. The molecule has 1 aromatic heterocycles. The highest BCUT2D eigenvalue weighted by Gasteiger charge is 2.24. The maximum absolute atomic E-state index is 13.1. The molecule has 5 heteroatoms. The van der Waals surface area contributed by atoms with Gasteiger partial charge in [0.15, 0.2) is 0 Å². The number of rotatable bonds is 8. The molecule has 0 spiro atoms. The van der Waals surface area contributed by atoms with E-state index < -0.39 is 0 Å². The van der Waals surface area contributed by atoms with Crippen molar-refractivity contribution < 1.29 is 14.3 Å². The Morgan fingerprint density at radius 1 is 1.19 bits per heavy atom. The van der Waals surface area contributed by atoms with E-state index in [1.54, 1.807) is 11.3 Å². The number of nitrogens with zero attached hydrogens (tertiary/aromatic N) is 1. The van der Waals surface area contributed by atoms with E-state index in [1.165, 1.54) is 17.7 Å². The first-order chi connectivity index (χ1) is 12.8. The van der Waals surface area contributed by atoms with E-state index in [2.05, 4.69) is 11.4 Å². The van der Waals surface area contributed by atoms with Crippen molar-refractivity contribution in [1.29, 1.82) is 0 Å². The van der Waals surface area contributed by atoms with Crippen molar-refractivity contribution in [3.8, 4) is 5.75 Å². The second kappa shape index (κ2) is 8.23. The number of hydrogen-bond donors (Lipinski definition) is 0. The Kier molecular flexibility index (Phi) is 5.56. The third kappa shape index (κ3) is 4.65. The highest BCUT2D eigenvalue weighted by Crippen LogP contribution is 2.29. The monoisotopic (exact) mass is 371 g/mol. The van der Waals surface area contributed by atoms with Crippen molar-refractivity contribution in [2.45, 2.75) is 38.3 Å². The lowest BCUT2D eigenvalue weighted by Crippen LogP contribution is -2.36. The van der Waals surface area contributed by atoms with Crippen molar-refractivity contribution in [2.75, 3.05) is 19.8 Å². The van der Waals surface area contributed by atoms with Gasteiger partial charge in [0, 0.05) is 23.6 Å². The van der Waals surface area contributed by atoms with Crippen LogP contribution in [0.25, 0.3) is 0 Å². The second-order valence-corrected chi connectivity index (χ2v) is 8.21. The van der Waals surface area contributed by atoms with E-state index in [4.69, 9.17) is 9.47 Å². The third-order valence-corrected chi connectivity index (χ3v) is 5.81. The molecule has 2 aromatic rings. The predicted octanol–water partition coefficient (Wildman–Crippen LogP) is 4.36. The van der Waals surface area contributed by atoms with E-state index in [0.717, 1.165) is 37.7 Å². The summed E-state index contributed by atoms with van der Waals surface area (Å²) in [6, 6.07) is 11.7. The van der Waals surface area contributed by atoms with E-state index in [9.17, 15) is 4.79 Å². The normalized spacial score (nSPS) is 19.5. The van der Waals surface area contributed by atoms with Crippen LogP contribution in [0, 0.1) is 5.92 Å². The van der Waals surface area contributed by atoms with Crippen LogP contribution in [0.3, 0.4) is 0 Å². The average molecular weight is 372 g/mol. The van der Waals surface area contributed by atoms with Crippen LogP contribution in [0.2, 0.25) is 0 Å². The molecule has 2 aliphatic rings. The Morgan fingerprint density at radius 2 is 2.04 bits per heavy atom. The minimum Gasteiger partial charge on any atom is -0.493 e. The number of benzene rings is 1. The van der Waals surface area contributed by atoms with Crippen molar-refractivity contribution in [2.24, 2.45) is 5.92 Å². The number of carbonyl (C=O) groups is 1. The lowest BCUT2D eigenvalue weighted by atomic mass is 10.1. The standard InChI is InChI=1S/C21H25NO3S/c23-21(17-7-9-18(10-8-17)25-15-16-5-6-16)22(13-19-3-1-11-24-19)14-20-4-2-12-26-20/h2,4,7-10,12,16,19H,1,3,5-6,11,13-15H2. The lowest BCUT2D eigenvalue weighted by molar-refractivity contribution is 0.0509. The van der Waals surface area contributed by atoms with Gasteiger partial charge in [0.1, 0.15) is 5.75 Å². The van der Waals surface area contributed by atoms with Crippen molar-refractivity contribution in [1.82, 2.24) is 4.90 Å². The highest BCUT2D eigenvalue weighted by molar-refractivity contribution is 7.09. The van der Waals surface area contributed by atoms with Gasteiger partial charge in [-0.05, 0) is 67.3 Å². The summed E-state index contributed by atoms with van der Waals surface area (Å²) in [5, 5.41) is 2.05. The molecule has 0 bridgehead atoms. The van der Waals surface area contributed by atoms with E-state index >= 15 is 0 Å². The minimum absolute atomic E-state index is 0.0580. The molecule has 2 heterocycles. The first-order valence-electron chi connectivity index (χ1n) is 9.44. The predicted molar refractivity (Wildman–Crippen MR) is 103 cm³/mol. The summed E-state index contributed by atoms with van der Waals surface area (Å²) in [6.07, 6.45) is 4.82. The SMILES string of the molecule is O=C(c1ccc(OCC2CC2)cc1)N(Cc1cccs1)CC1CCCO1. The van der Waals surface area contributed by atoms with Crippen LogP contribution >= 0.6 is 11.3 Å². The maximum Gasteiger partial charge on any atom is 0.254 e. The van der Waals surface area contributed by atoms with Crippen LogP contribution in [-0.2, 0) is 11.3 Å². The number of ether oxygens (including phenoxy) is 2. The van der Waals surface area contributed by atoms with E-state index in [1.807, 2.05) is 35.2 Å². The van der Waals surface area contributed by atoms with Crippen LogP contribution in [0.1, 0.15) is 40.9 Å². The fourth-order valence-corrected chi connectivity index (χ4v) is 3.94. The van der Waals surface area contributed by atoms with Crippen LogP contribution in [-0.4, -0.2) is 36.7 Å². The Balaban J connectivity index is 1.43. The summed E-state index contributed by atoms with van der Waals surface area (Å²) in [6.45, 7) is 2.88. The zero-order valence-electron chi connectivity index (χ0n) is 14.9. The minimum atomic E-state index is 0.0580. The molecule has 138 valence electrons. The molecule has 0 radical (unpaired) electrons. The smallest absolute Gasteiger partial charge is 0.254 e. The van der Waals surface area contributed by atoms with Crippen LogP contribution < -0.4 is 4.74 Å². The molecule has 4 nitrogen and oxygen atoms in total. The quantitative estimate of drug-likeness (QED) is 0.692. The van der Waals surface area contributed by atoms with Gasteiger partial charge in [-0.3, -0.25) is 4.79 Å². The Hall–Kier alpha value is -1.85. The molecule has 1 aromatic carbocycles. The van der Waals surface area contributed by atoms with Gasteiger partial charge in [-0.25, -0.2) is 0 Å². The highest BCUT2D eigenvalue weighted by atomic mass is 32.1. The lowest BCUT2D eigenvalue weighted by Gasteiger charge is -2.25. The van der Waals surface area contributed by atoms with E-state index in [0.29, 0.717) is 18.7 Å². The van der Waals surface area contributed by atoms with E-state index in [-0.39, 0.29) is 12.0 Å². The van der Waals surface area contributed by atoms with Crippen LogP contribution in [0.4, 0.5) is 0 Å². The summed E-state index contributed by atoms with van der Waals surface area (Å²) in [5.41, 5.74) is 0.707. The number of thiophene rings is 1. The summed E-state index contributed by atoms with van der Waals surface area (Å²) in [5.74, 6) is 1.63. The van der Waals surface area contributed by atoms with Gasteiger partial charge in [-0.15, -0.1) is 11.3 Å². The summed E-state index contributed by atoms with van der Waals surface area (Å²) in [7, 11) is 0. The third-order valence-electron chi connectivity index (χ3n) is 4.95. The molecule has 0 N–H and O–H groups in total. The van der Waals surface area contributed by atoms with Gasteiger partial charge < -0.3 is 14.4 Å². The van der Waals surface area contributed by atoms with Crippen LogP contribution in [0.15, 0.2) is 41.8 Å². The topological polar surface area (TPSA) is 38.8 Å². The zero-order chi connectivity index (χ0) is 17.8. The Bertz CT molecular complexity index is 703. The number of hydrogen-bond acceptors (Lipinski definition) is 4. The van der Waals surface area contributed by atoms with Gasteiger partial charge in [-0.1, -0.05) is 6.07 Å². The molecule has 4 rings (SSSR count). The first-order valence-corrected chi connectivity index (χ1v) is 10.3. The molecule has 1 unspecified atom stereocenters. The molecule has 2 fully saturated rings. The largest absolute Gasteiger partial charge is 0.493 e. The number of carbonyl (C=O) groups excluding carboxylic acids is 1. The molecule has 1 amide bonds. The van der Waals surface area contributed by atoms with Crippen molar-refractivity contribution in [3.63, 3.8) is 0 Å². The second-order valence-electron chi connectivity index (χ2n) is 7.18. The Morgan fingerprint density at radius 3 is 2.69 bits per heavy atom. The molecule has 1 saturated heterocycles. The molecular formula is C21H25NO3S. The molecule has 1 atom stereocenters. The van der Waals surface area contributed by atoms with Crippen molar-refractivity contribution >= 4 is 17.2 Å². The maximum atomic E-state index is 13.1. The molecule has 1 saturated carbocycles. The molecule has 26 heavy (non-hydrogen) atoms. The van der Waals surface area contributed by atoms with Gasteiger partial charge in [0.25, 0.3) is 5.91 Å². The fraction of sp³-hybridized carbons (Fsp3) is 0.476. The summed E-state index contributed by atoms with van der Waals surface area (Å²) >= 11 is 1.68. The molecular weight excluding hydrogens is 346 g/mol. The average Bonchev–Trinajstić information content (AvgIpc) is 3.10. The zero-order valence-corrected chi connectivity index (χ0v) is 15.7. The van der Waals surface area contributed by atoms with Gasteiger partial charge in [0.05, 0.1) is 19.3 Å². The summed E-state index contributed by atoms with van der Waals surface area (Å²) in [4.78, 5) is 16.2. The molecule has 1 aliphatic carbocycles. The number of amides is 1. The first kappa shape index (κ1) is 17.6. The fourth-order valence-electron chi connectivity index (χ4n) is 3.22. The van der Waals surface area contributed by atoms with Crippen molar-refractivity contribution in [3.05, 3.63) is 52.2 Å². The van der Waals surface area contributed by atoms with Gasteiger partial charge >= 0.3 is 0 Å². The Labute approximate surface area is 158 Å². The summed E-state index contributed by atoms with van der Waals surface area (Å²) < 4.78 is 11.5. The van der Waals surface area contributed by atoms with Gasteiger partial charge in [0.2, 0.25) is 0 Å². The van der Waals surface area contributed by atoms with Crippen LogP contribution in [0.5, 0.6) is 5.75 Å². The van der Waals surface area contributed by atoms with Gasteiger partial charge in [-0.2, -0.15) is 0 Å².